The number of nitrogens with two attached hydrogens (primary N) is 1. The Morgan fingerprint density at radius 1 is 1.12 bits per heavy atom. The Hall–Kier alpha value is -1.46. The summed E-state index contributed by atoms with van der Waals surface area (Å²) in [6.07, 6.45) is 0. The number of amidine groups is 1. The zero-order chi connectivity index (χ0) is 16.6. The number of benzene rings is 2. The number of aliphatic imine (C=N–C) groups is 1. The summed E-state index contributed by atoms with van der Waals surface area (Å²) in [5, 5.41) is 1.11. The first-order valence-corrected chi connectivity index (χ1v) is 7.99. The quantitative estimate of drug-likeness (QED) is 0.435. The molecule has 0 aliphatic rings. The van der Waals surface area contributed by atoms with E-state index in [1.165, 1.54) is 0 Å². The molecule has 0 spiro atoms. The first-order valence-electron chi connectivity index (χ1n) is 7.23. The van der Waals surface area contributed by atoms with Crippen LogP contribution in [0.5, 0.6) is 0 Å². The van der Waals surface area contributed by atoms with E-state index in [-0.39, 0.29) is 30.9 Å². The molecule has 0 saturated carbocycles. The van der Waals surface area contributed by atoms with Gasteiger partial charge in [0.2, 0.25) is 0 Å². The highest BCUT2D eigenvalue weighted by Gasteiger charge is 2.13. The van der Waals surface area contributed by atoms with E-state index in [2.05, 4.69) is 15.0 Å². The topological polar surface area (TPSA) is 67.1 Å². The highest BCUT2D eigenvalue weighted by atomic mass is 35.5. The van der Waals surface area contributed by atoms with Crippen LogP contribution in [0.2, 0.25) is 10.0 Å². The van der Waals surface area contributed by atoms with Crippen LogP contribution in [-0.2, 0) is 0 Å². The van der Waals surface area contributed by atoms with Gasteiger partial charge in [-0.15, -0.1) is 24.8 Å². The van der Waals surface area contributed by atoms with E-state index in [4.69, 9.17) is 28.9 Å². The van der Waals surface area contributed by atoms with E-state index in [1.54, 1.807) is 18.2 Å². The summed E-state index contributed by atoms with van der Waals surface area (Å²) in [6, 6.07) is 11.3. The van der Waals surface area contributed by atoms with Crippen molar-refractivity contribution in [3.05, 3.63) is 52.0 Å². The fourth-order valence-electron chi connectivity index (χ4n) is 2.36. The minimum atomic E-state index is 0. The Bertz CT molecular complexity index is 883. The Morgan fingerprint density at radius 3 is 2.36 bits per heavy atom. The van der Waals surface area contributed by atoms with Crippen molar-refractivity contribution in [2.75, 3.05) is 0 Å². The lowest BCUT2D eigenvalue weighted by Gasteiger charge is -2.03. The van der Waals surface area contributed by atoms with Crippen LogP contribution in [0, 0.1) is 0 Å². The van der Waals surface area contributed by atoms with E-state index in [0.29, 0.717) is 27.3 Å². The van der Waals surface area contributed by atoms with E-state index in [9.17, 15) is 0 Å². The van der Waals surface area contributed by atoms with Gasteiger partial charge in [0.1, 0.15) is 11.7 Å². The number of hydrogen-bond acceptors (Lipinski definition) is 2. The molecule has 0 aliphatic carbocycles. The maximum absolute atomic E-state index is 6.25. The molecule has 134 valence electrons. The van der Waals surface area contributed by atoms with E-state index < -0.39 is 0 Å². The van der Waals surface area contributed by atoms with Crippen LogP contribution < -0.4 is 5.73 Å². The predicted octanol–water partition coefficient (Wildman–Crippen LogP) is 5.49. The summed E-state index contributed by atoms with van der Waals surface area (Å²) in [6.45, 7) is 3.97. The second kappa shape index (κ2) is 8.77. The summed E-state index contributed by atoms with van der Waals surface area (Å²) >= 11 is 12.5. The second-order valence-electron chi connectivity index (χ2n) is 5.52. The number of halogens is 4. The van der Waals surface area contributed by atoms with Gasteiger partial charge in [0.15, 0.2) is 0 Å². The molecule has 0 fully saturated rings. The fraction of sp³-hybridized carbons (Fsp3) is 0.176. The molecule has 4 nitrogen and oxygen atoms in total. The predicted molar refractivity (Wildman–Crippen MR) is 112 cm³/mol. The third-order valence-electron chi connectivity index (χ3n) is 3.37. The highest BCUT2D eigenvalue weighted by Crippen LogP contribution is 2.33. The Morgan fingerprint density at radius 2 is 1.76 bits per heavy atom. The van der Waals surface area contributed by atoms with Gasteiger partial charge < -0.3 is 10.7 Å². The fourth-order valence-corrected chi connectivity index (χ4v) is 2.94. The van der Waals surface area contributed by atoms with Crippen LogP contribution in [-0.4, -0.2) is 21.8 Å². The average Bonchev–Trinajstić information content (AvgIpc) is 2.88. The number of hydrogen-bond donors (Lipinski definition) is 2. The molecule has 0 saturated heterocycles. The Labute approximate surface area is 168 Å². The van der Waals surface area contributed by atoms with Crippen molar-refractivity contribution < 1.29 is 0 Å². The van der Waals surface area contributed by atoms with Crippen LogP contribution in [0.3, 0.4) is 0 Å². The molecule has 3 rings (SSSR count). The molecular weight excluding hydrogens is 402 g/mol. The van der Waals surface area contributed by atoms with Crippen molar-refractivity contribution in [2.24, 2.45) is 10.7 Å². The molecule has 8 heteroatoms. The molecule has 0 amide bonds. The second-order valence-corrected chi connectivity index (χ2v) is 6.34. The lowest BCUT2D eigenvalue weighted by atomic mass is 10.2. The van der Waals surface area contributed by atoms with E-state index in [0.717, 1.165) is 16.6 Å². The number of rotatable bonds is 3. The Kier molecular flexibility index (Phi) is 7.57. The lowest BCUT2D eigenvalue weighted by Crippen LogP contribution is -2.15. The number of nitrogens with one attached hydrogen (secondary N) is 1. The molecule has 1 aromatic heterocycles. The SMILES string of the molecule is CC(C)N=C(N)c1ccc2nc(-c3c(Cl)cccc3Cl)[nH]c2c1.Cl.Cl. The van der Waals surface area contributed by atoms with Crippen LogP contribution in [0.4, 0.5) is 0 Å². The number of H-pyrrole nitrogens is 1. The monoisotopic (exact) mass is 418 g/mol. The number of aromatic nitrogens is 2. The highest BCUT2D eigenvalue weighted by molar-refractivity contribution is 6.39. The number of imidazole rings is 1. The summed E-state index contributed by atoms with van der Waals surface area (Å²) in [5.74, 6) is 1.14. The summed E-state index contributed by atoms with van der Waals surface area (Å²) in [5.41, 5.74) is 9.25. The first kappa shape index (κ1) is 21.6. The molecule has 0 atom stereocenters. The number of fused-ring (bicyclic) bond motifs is 1. The van der Waals surface area contributed by atoms with Crippen molar-refractivity contribution in [1.29, 1.82) is 0 Å². The molecule has 3 aromatic rings. The van der Waals surface area contributed by atoms with Crippen LogP contribution >= 0.6 is 48.0 Å². The van der Waals surface area contributed by atoms with Crippen LogP contribution in [0.15, 0.2) is 41.4 Å². The molecule has 2 aromatic carbocycles. The summed E-state index contributed by atoms with van der Waals surface area (Å²) in [7, 11) is 0. The van der Waals surface area contributed by atoms with Gasteiger partial charge in [-0.2, -0.15) is 0 Å². The standard InChI is InChI=1S/C17H16Cl2N4.2ClH/c1-9(2)21-16(20)10-6-7-13-14(8-10)23-17(22-13)15-11(18)4-3-5-12(15)19;;/h3-9H,1-2H3,(H2,20,21)(H,22,23);2*1H. The molecule has 0 radical (unpaired) electrons. The third kappa shape index (κ3) is 4.59. The zero-order valence-electron chi connectivity index (χ0n) is 13.6. The minimum absolute atomic E-state index is 0. The van der Waals surface area contributed by atoms with E-state index in [1.807, 2.05) is 32.0 Å². The molecule has 3 N–H and O–H groups in total. The molecule has 0 unspecified atom stereocenters. The smallest absolute Gasteiger partial charge is 0.141 e. The number of aromatic amines is 1. The first-order chi connectivity index (χ1) is 11.0. The van der Waals surface area contributed by atoms with Gasteiger partial charge >= 0.3 is 0 Å². The molecule has 1 heterocycles. The number of nitrogens with zero attached hydrogens (tertiary/aromatic N) is 2. The van der Waals surface area contributed by atoms with Crippen molar-refractivity contribution in [1.82, 2.24) is 9.97 Å². The van der Waals surface area contributed by atoms with Gasteiger partial charge in [-0.25, -0.2) is 4.98 Å². The maximum Gasteiger partial charge on any atom is 0.141 e. The van der Waals surface area contributed by atoms with Gasteiger partial charge in [-0.3, -0.25) is 4.99 Å². The van der Waals surface area contributed by atoms with Gasteiger partial charge in [0.25, 0.3) is 0 Å². The molecule has 0 bridgehead atoms. The van der Waals surface area contributed by atoms with E-state index >= 15 is 0 Å². The molecule has 25 heavy (non-hydrogen) atoms. The van der Waals surface area contributed by atoms with Crippen molar-refractivity contribution in [3.63, 3.8) is 0 Å². The largest absolute Gasteiger partial charge is 0.383 e. The van der Waals surface area contributed by atoms with Crippen molar-refractivity contribution in [2.45, 2.75) is 19.9 Å². The minimum Gasteiger partial charge on any atom is -0.383 e. The van der Waals surface area contributed by atoms with Gasteiger partial charge in [-0.1, -0.05) is 29.3 Å². The summed E-state index contributed by atoms with van der Waals surface area (Å²) in [4.78, 5) is 12.2. The van der Waals surface area contributed by atoms with Gasteiger partial charge in [-0.05, 0) is 44.2 Å². The molecular formula is C17H18Cl4N4. The van der Waals surface area contributed by atoms with Crippen molar-refractivity contribution >= 4 is 64.9 Å². The van der Waals surface area contributed by atoms with Crippen LogP contribution in [0.1, 0.15) is 19.4 Å². The normalized spacial score (nSPS) is 11.3. The van der Waals surface area contributed by atoms with Crippen LogP contribution in [0.25, 0.3) is 22.4 Å². The van der Waals surface area contributed by atoms with Gasteiger partial charge in [0, 0.05) is 11.6 Å². The van der Waals surface area contributed by atoms with Gasteiger partial charge in [0.05, 0.1) is 26.6 Å². The Balaban J connectivity index is 0.00000156. The average molecular weight is 420 g/mol. The zero-order valence-corrected chi connectivity index (χ0v) is 16.7. The molecule has 0 aliphatic heterocycles. The third-order valence-corrected chi connectivity index (χ3v) is 4.00. The lowest BCUT2D eigenvalue weighted by molar-refractivity contribution is 0.834. The maximum atomic E-state index is 6.25. The summed E-state index contributed by atoms with van der Waals surface area (Å²) < 4.78 is 0. The van der Waals surface area contributed by atoms with Crippen molar-refractivity contribution in [3.8, 4) is 11.4 Å².